The van der Waals surface area contributed by atoms with Crippen LogP contribution in [0.4, 0.5) is 5.69 Å². The van der Waals surface area contributed by atoms with Gasteiger partial charge in [-0.25, -0.2) is 4.79 Å². The van der Waals surface area contributed by atoms with E-state index in [-0.39, 0.29) is 5.91 Å². The van der Waals surface area contributed by atoms with Crippen molar-refractivity contribution in [2.75, 3.05) is 19.0 Å². The number of benzene rings is 2. The molecule has 0 aromatic heterocycles. The number of aryl methyl sites for hydroxylation is 1. The number of methoxy groups -OCH3 is 1. The van der Waals surface area contributed by atoms with Crippen LogP contribution in [-0.2, 0) is 9.53 Å². The van der Waals surface area contributed by atoms with Gasteiger partial charge in [0.25, 0.3) is 0 Å². The number of carbonyl (C=O) groups is 2. The number of ether oxygens (including phenoxy) is 2. The number of hydrogen-bond donors (Lipinski definition) is 1. The summed E-state index contributed by atoms with van der Waals surface area (Å²) < 4.78 is 10.4. The molecule has 0 aliphatic rings. The van der Waals surface area contributed by atoms with Crippen LogP contribution in [0.1, 0.15) is 54.1 Å². The SMILES string of the molecule is COC(=O)c1cccc(NC(=O)CCCOc2ccc(C(C)C)c(C)c2)c1. The molecule has 2 aromatic rings. The topological polar surface area (TPSA) is 64.6 Å². The summed E-state index contributed by atoms with van der Waals surface area (Å²) in [4.78, 5) is 23.6. The number of esters is 1. The van der Waals surface area contributed by atoms with Crippen LogP contribution in [0, 0.1) is 6.92 Å². The van der Waals surface area contributed by atoms with Gasteiger partial charge in [-0.1, -0.05) is 26.0 Å². The molecule has 0 fully saturated rings. The van der Waals surface area contributed by atoms with Gasteiger partial charge in [-0.2, -0.15) is 0 Å². The standard InChI is InChI=1S/C22H27NO4/c1-15(2)20-11-10-19(13-16(20)3)27-12-6-9-21(24)23-18-8-5-7-17(14-18)22(25)26-4/h5,7-8,10-11,13-15H,6,9,12H2,1-4H3,(H,23,24). The summed E-state index contributed by atoms with van der Waals surface area (Å²) in [6.45, 7) is 6.89. The maximum atomic E-state index is 12.1. The molecule has 0 saturated heterocycles. The molecule has 0 saturated carbocycles. The van der Waals surface area contributed by atoms with E-state index >= 15 is 0 Å². The van der Waals surface area contributed by atoms with Crippen LogP contribution < -0.4 is 10.1 Å². The van der Waals surface area contributed by atoms with Crippen molar-refractivity contribution in [1.82, 2.24) is 0 Å². The Morgan fingerprint density at radius 1 is 1.11 bits per heavy atom. The predicted molar refractivity (Wildman–Crippen MR) is 106 cm³/mol. The molecule has 0 spiro atoms. The van der Waals surface area contributed by atoms with Crippen molar-refractivity contribution in [2.45, 2.75) is 39.5 Å². The zero-order valence-corrected chi connectivity index (χ0v) is 16.4. The monoisotopic (exact) mass is 369 g/mol. The number of hydrogen-bond acceptors (Lipinski definition) is 4. The van der Waals surface area contributed by atoms with E-state index in [0.29, 0.717) is 36.6 Å². The second-order valence-corrected chi connectivity index (χ2v) is 6.75. The molecule has 0 bridgehead atoms. The van der Waals surface area contributed by atoms with Crippen molar-refractivity contribution < 1.29 is 19.1 Å². The molecular formula is C22H27NO4. The molecule has 0 heterocycles. The van der Waals surface area contributed by atoms with Gasteiger partial charge in [0.1, 0.15) is 5.75 Å². The highest BCUT2D eigenvalue weighted by Crippen LogP contribution is 2.23. The largest absolute Gasteiger partial charge is 0.494 e. The van der Waals surface area contributed by atoms with Gasteiger partial charge in [-0.05, 0) is 60.7 Å². The molecule has 27 heavy (non-hydrogen) atoms. The number of carbonyl (C=O) groups excluding carboxylic acids is 2. The Bertz CT molecular complexity index is 799. The van der Waals surface area contributed by atoms with Crippen LogP contribution in [0.5, 0.6) is 5.75 Å². The highest BCUT2D eigenvalue weighted by Gasteiger charge is 2.08. The third-order valence-electron chi connectivity index (χ3n) is 4.25. The molecule has 5 nitrogen and oxygen atoms in total. The van der Waals surface area contributed by atoms with Crippen LogP contribution in [0.3, 0.4) is 0 Å². The van der Waals surface area contributed by atoms with E-state index in [9.17, 15) is 9.59 Å². The van der Waals surface area contributed by atoms with E-state index in [1.54, 1.807) is 24.3 Å². The molecule has 0 atom stereocenters. The minimum Gasteiger partial charge on any atom is -0.494 e. The number of rotatable bonds is 8. The average Bonchev–Trinajstić information content (AvgIpc) is 2.64. The van der Waals surface area contributed by atoms with Crippen molar-refractivity contribution in [2.24, 2.45) is 0 Å². The Labute approximate surface area is 160 Å². The Morgan fingerprint density at radius 3 is 2.56 bits per heavy atom. The van der Waals surface area contributed by atoms with E-state index in [2.05, 4.69) is 36.9 Å². The fraction of sp³-hybridized carbons (Fsp3) is 0.364. The smallest absolute Gasteiger partial charge is 0.337 e. The van der Waals surface area contributed by atoms with Gasteiger partial charge < -0.3 is 14.8 Å². The van der Waals surface area contributed by atoms with Crippen molar-refractivity contribution >= 4 is 17.6 Å². The lowest BCUT2D eigenvalue weighted by molar-refractivity contribution is -0.116. The molecule has 5 heteroatoms. The highest BCUT2D eigenvalue weighted by atomic mass is 16.5. The fourth-order valence-corrected chi connectivity index (χ4v) is 2.87. The summed E-state index contributed by atoms with van der Waals surface area (Å²) in [6, 6.07) is 12.8. The first-order valence-corrected chi connectivity index (χ1v) is 9.12. The quantitative estimate of drug-likeness (QED) is 0.541. The first-order valence-electron chi connectivity index (χ1n) is 9.12. The maximum Gasteiger partial charge on any atom is 0.337 e. The zero-order chi connectivity index (χ0) is 19.8. The first-order chi connectivity index (χ1) is 12.9. The number of nitrogens with one attached hydrogen (secondary N) is 1. The minimum atomic E-state index is -0.432. The van der Waals surface area contributed by atoms with Gasteiger partial charge in [-0.15, -0.1) is 0 Å². The Balaban J connectivity index is 1.78. The lowest BCUT2D eigenvalue weighted by Crippen LogP contribution is -2.13. The molecule has 0 aliphatic heterocycles. The minimum absolute atomic E-state index is 0.119. The van der Waals surface area contributed by atoms with Gasteiger partial charge in [-0.3, -0.25) is 4.79 Å². The zero-order valence-electron chi connectivity index (χ0n) is 16.4. The first kappa shape index (κ1) is 20.5. The summed E-state index contributed by atoms with van der Waals surface area (Å²) >= 11 is 0. The second kappa shape index (κ2) is 9.76. The van der Waals surface area contributed by atoms with Gasteiger partial charge in [0.2, 0.25) is 5.91 Å². The number of amides is 1. The molecule has 0 aliphatic carbocycles. The molecule has 2 aromatic carbocycles. The van der Waals surface area contributed by atoms with E-state index < -0.39 is 5.97 Å². The normalized spacial score (nSPS) is 10.6. The van der Waals surface area contributed by atoms with E-state index in [1.165, 1.54) is 18.2 Å². The predicted octanol–water partition coefficient (Wildman–Crippen LogP) is 4.70. The van der Waals surface area contributed by atoms with Crippen molar-refractivity contribution in [3.05, 3.63) is 59.2 Å². The van der Waals surface area contributed by atoms with Crippen LogP contribution in [-0.4, -0.2) is 25.6 Å². The van der Waals surface area contributed by atoms with Gasteiger partial charge >= 0.3 is 5.97 Å². The molecule has 0 unspecified atom stereocenters. The van der Waals surface area contributed by atoms with Gasteiger partial charge in [0.15, 0.2) is 0 Å². The van der Waals surface area contributed by atoms with Gasteiger partial charge in [0.05, 0.1) is 19.3 Å². The van der Waals surface area contributed by atoms with Crippen molar-refractivity contribution in [3.63, 3.8) is 0 Å². The van der Waals surface area contributed by atoms with E-state index in [4.69, 9.17) is 4.74 Å². The third-order valence-corrected chi connectivity index (χ3v) is 4.25. The summed E-state index contributed by atoms with van der Waals surface area (Å²) in [7, 11) is 1.32. The summed E-state index contributed by atoms with van der Waals surface area (Å²) in [5.41, 5.74) is 3.50. The van der Waals surface area contributed by atoms with Crippen molar-refractivity contribution in [3.8, 4) is 5.75 Å². The number of anilines is 1. The lowest BCUT2D eigenvalue weighted by Gasteiger charge is -2.12. The van der Waals surface area contributed by atoms with Crippen LogP contribution >= 0.6 is 0 Å². The molecule has 144 valence electrons. The Hall–Kier alpha value is -2.82. The Kier molecular flexibility index (Phi) is 7.41. The second-order valence-electron chi connectivity index (χ2n) is 6.75. The molecular weight excluding hydrogens is 342 g/mol. The molecule has 1 N–H and O–H groups in total. The van der Waals surface area contributed by atoms with Crippen LogP contribution in [0.2, 0.25) is 0 Å². The van der Waals surface area contributed by atoms with Crippen LogP contribution in [0.25, 0.3) is 0 Å². The maximum absolute atomic E-state index is 12.1. The van der Waals surface area contributed by atoms with E-state index in [0.717, 1.165) is 5.75 Å². The van der Waals surface area contributed by atoms with Crippen molar-refractivity contribution in [1.29, 1.82) is 0 Å². The van der Waals surface area contributed by atoms with Crippen LogP contribution in [0.15, 0.2) is 42.5 Å². The van der Waals surface area contributed by atoms with Gasteiger partial charge in [0, 0.05) is 12.1 Å². The summed E-state index contributed by atoms with van der Waals surface area (Å²) in [6.07, 6.45) is 0.943. The highest BCUT2D eigenvalue weighted by molar-refractivity contribution is 5.94. The Morgan fingerprint density at radius 2 is 1.89 bits per heavy atom. The van der Waals surface area contributed by atoms with E-state index in [1.807, 2.05) is 12.1 Å². The summed E-state index contributed by atoms with van der Waals surface area (Å²) in [5, 5.41) is 2.79. The molecule has 0 radical (unpaired) electrons. The third kappa shape index (κ3) is 6.13. The molecule has 1 amide bonds. The molecule has 2 rings (SSSR count). The average molecular weight is 369 g/mol. The lowest BCUT2D eigenvalue weighted by atomic mass is 9.98. The summed E-state index contributed by atoms with van der Waals surface area (Å²) in [5.74, 6) is 0.758. The fourth-order valence-electron chi connectivity index (χ4n) is 2.87.